The van der Waals surface area contributed by atoms with E-state index in [9.17, 15) is 9.59 Å². The third-order valence-corrected chi connectivity index (χ3v) is 13.1. The fourth-order valence-electron chi connectivity index (χ4n) is 8.87. The van der Waals surface area contributed by atoms with E-state index in [0.717, 1.165) is 44.0 Å². The summed E-state index contributed by atoms with van der Waals surface area (Å²) in [5, 5.41) is 0.0956. The maximum atomic E-state index is 11.5. The molecule has 0 saturated carbocycles. The van der Waals surface area contributed by atoms with Gasteiger partial charge in [-0.1, -0.05) is 188 Å². The van der Waals surface area contributed by atoms with Crippen molar-refractivity contribution in [2.75, 3.05) is 74.6 Å². The van der Waals surface area contributed by atoms with E-state index >= 15 is 0 Å². The lowest BCUT2D eigenvalue weighted by molar-refractivity contribution is 0.0686. The Kier molecular flexibility index (Phi) is 20.3. The Bertz CT molecular complexity index is 2950. The van der Waals surface area contributed by atoms with Crippen LogP contribution in [0, 0.1) is 0 Å². The highest BCUT2D eigenvalue weighted by atomic mass is 35.5. The standard InChI is InChI=1S/C21H21N.2C17H21NO.C7H7ClN4O2/c1-22-14-12-18(13-15-22)21-19-8-4-2-6-16(19)10-11-17-7-3-5-9-20(17)21;2*1-18(2)13-14-19-17(15-9-5-3-6-10-15)16-11-7-4-8-12-16;1-11-4-3(9-6(8)10-4)5(13)12(2)7(11)14/h2-11H,12-15H2,1H3;2*3-12,17H,13-14H2,1-2H3;1-2H3,(H,9,10). The first-order chi connectivity index (χ1) is 35.9. The molecule has 1 aliphatic carbocycles. The van der Waals surface area contributed by atoms with E-state index in [0.29, 0.717) is 0 Å². The second kappa shape index (κ2) is 27.4. The van der Waals surface area contributed by atoms with Crippen molar-refractivity contribution in [3.05, 3.63) is 246 Å². The fourth-order valence-corrected chi connectivity index (χ4v) is 9.04. The summed E-state index contributed by atoms with van der Waals surface area (Å²) in [6.07, 6.45) is 6.90. The number of halogens is 1. The lowest BCUT2D eigenvalue weighted by Crippen LogP contribution is -2.36. The highest BCUT2D eigenvalue weighted by molar-refractivity contribution is 6.29. The highest BCUT2D eigenvalue weighted by Crippen LogP contribution is 2.38. The van der Waals surface area contributed by atoms with E-state index in [1.165, 1.54) is 81.6 Å². The number of H-pyrrole nitrogens is 1. The SMILES string of the molecule is CN(C)CCOC(c1ccccc1)c1ccccc1.CN(C)CCOC(c1ccccc1)c1ccccc1.CN1CCC(=C2c3ccccc3C=Cc3ccccc32)CC1.Cn1c(=O)c2[nH]c(Cl)nc2n(C)c1=O. The fraction of sp³-hybridized carbons (Fsp3) is 0.274. The zero-order valence-electron chi connectivity index (χ0n) is 43.8. The Morgan fingerprint density at radius 3 is 1.32 bits per heavy atom. The number of fused-ring (bicyclic) bond motifs is 3. The molecule has 0 spiro atoms. The zero-order valence-corrected chi connectivity index (χ0v) is 44.6. The van der Waals surface area contributed by atoms with E-state index in [4.69, 9.17) is 21.1 Å². The molecule has 0 unspecified atom stereocenters. The minimum absolute atomic E-state index is 0.0161. The average molecular weight is 1010 g/mol. The Labute approximate surface area is 441 Å². The van der Waals surface area contributed by atoms with Gasteiger partial charge in [-0.25, -0.2) is 4.79 Å². The van der Waals surface area contributed by atoms with Crippen LogP contribution in [-0.4, -0.2) is 108 Å². The molecule has 0 atom stereocenters. The zero-order chi connectivity index (χ0) is 52.4. The molecule has 0 bridgehead atoms. The van der Waals surface area contributed by atoms with E-state index < -0.39 is 11.2 Å². The van der Waals surface area contributed by atoms with Crippen molar-refractivity contribution in [1.82, 2.24) is 33.8 Å². The maximum Gasteiger partial charge on any atom is 0.332 e. The molecule has 1 fully saturated rings. The van der Waals surface area contributed by atoms with Gasteiger partial charge in [0.05, 0.1) is 13.2 Å². The van der Waals surface area contributed by atoms with Crippen LogP contribution >= 0.6 is 11.6 Å². The summed E-state index contributed by atoms with van der Waals surface area (Å²) in [6.45, 7) is 5.63. The molecule has 6 aromatic carbocycles. The Morgan fingerprint density at radius 2 is 0.932 bits per heavy atom. The predicted octanol–water partition coefficient (Wildman–Crippen LogP) is 11.0. The number of aryl methyl sites for hydroxylation is 1. The van der Waals surface area contributed by atoms with Crippen molar-refractivity contribution in [3.8, 4) is 0 Å². The van der Waals surface area contributed by atoms with Crippen LogP contribution < -0.4 is 11.2 Å². The summed E-state index contributed by atoms with van der Waals surface area (Å²) in [4.78, 5) is 36.1. The van der Waals surface area contributed by atoms with Crippen LogP contribution in [0.3, 0.4) is 0 Å². The second-order valence-corrected chi connectivity index (χ2v) is 19.3. The molecule has 2 aromatic heterocycles. The van der Waals surface area contributed by atoms with Crippen molar-refractivity contribution < 1.29 is 9.47 Å². The molecule has 1 N–H and O–H groups in total. The smallest absolute Gasteiger partial charge is 0.332 e. The van der Waals surface area contributed by atoms with Crippen LogP contribution in [0.5, 0.6) is 0 Å². The normalized spacial score (nSPS) is 13.1. The summed E-state index contributed by atoms with van der Waals surface area (Å²) >= 11 is 5.60. The molecule has 10 rings (SSSR count). The van der Waals surface area contributed by atoms with Crippen LogP contribution in [0.1, 0.15) is 69.6 Å². The van der Waals surface area contributed by atoms with E-state index in [1.807, 2.05) is 24.3 Å². The molecular formula is C62H70ClN7O4. The van der Waals surface area contributed by atoms with Gasteiger partial charge in [-0.3, -0.25) is 13.9 Å². The van der Waals surface area contributed by atoms with E-state index in [2.05, 4.69) is 218 Å². The number of piperidine rings is 1. The number of hydrogen-bond donors (Lipinski definition) is 1. The van der Waals surface area contributed by atoms with Gasteiger partial charge in [0, 0.05) is 40.3 Å². The maximum absolute atomic E-state index is 11.5. The molecule has 3 heterocycles. The summed E-state index contributed by atoms with van der Waals surface area (Å²) < 4.78 is 14.4. The molecule has 1 saturated heterocycles. The summed E-state index contributed by atoms with van der Waals surface area (Å²) in [5.74, 6) is 0. The third-order valence-electron chi connectivity index (χ3n) is 13.0. The van der Waals surface area contributed by atoms with E-state index in [-0.39, 0.29) is 28.7 Å². The Morgan fingerprint density at radius 1 is 0.554 bits per heavy atom. The average Bonchev–Trinajstić information content (AvgIpc) is 3.75. The number of likely N-dealkylation sites (N-methyl/N-ethyl adjacent to an activating group) is 2. The number of nitrogens with one attached hydrogen (secondary N) is 1. The van der Waals surface area contributed by atoms with Crippen molar-refractivity contribution >= 4 is 40.5 Å². The van der Waals surface area contributed by atoms with Gasteiger partial charge in [0.1, 0.15) is 12.2 Å². The molecule has 0 amide bonds. The minimum Gasteiger partial charge on any atom is -0.367 e. The lowest BCUT2D eigenvalue weighted by Gasteiger charge is -2.27. The molecule has 74 heavy (non-hydrogen) atoms. The minimum atomic E-state index is -0.428. The number of rotatable bonds is 12. The van der Waals surface area contributed by atoms with Gasteiger partial charge in [-0.2, -0.15) is 4.98 Å². The molecule has 1 aliphatic heterocycles. The molecule has 384 valence electrons. The van der Waals surface area contributed by atoms with E-state index in [1.54, 1.807) is 5.57 Å². The predicted molar refractivity (Wildman–Crippen MR) is 305 cm³/mol. The molecule has 11 nitrogen and oxygen atoms in total. The number of aromatic amines is 1. The van der Waals surface area contributed by atoms with Crippen LogP contribution in [0.4, 0.5) is 0 Å². The second-order valence-electron chi connectivity index (χ2n) is 19.0. The first kappa shape index (κ1) is 54.8. The Hall–Kier alpha value is -6.96. The number of imidazole rings is 1. The number of ether oxygens (including phenoxy) is 2. The topological polar surface area (TPSA) is 101 Å². The first-order valence-electron chi connectivity index (χ1n) is 25.2. The number of likely N-dealkylation sites (tertiary alicyclic amines) is 1. The van der Waals surface area contributed by atoms with Crippen LogP contribution in [-0.2, 0) is 23.6 Å². The van der Waals surface area contributed by atoms with Gasteiger partial charge in [0.2, 0.25) is 5.28 Å². The summed E-state index contributed by atoms with van der Waals surface area (Å²) in [7, 11) is 13.4. The largest absolute Gasteiger partial charge is 0.367 e. The van der Waals surface area contributed by atoms with Gasteiger partial charge in [-0.05, 0) is 110 Å². The van der Waals surface area contributed by atoms with Crippen molar-refractivity contribution in [3.63, 3.8) is 0 Å². The number of hydrogen-bond acceptors (Lipinski definition) is 8. The van der Waals surface area contributed by atoms with Crippen molar-refractivity contribution in [2.45, 2.75) is 25.0 Å². The van der Waals surface area contributed by atoms with Crippen LogP contribution in [0.15, 0.2) is 185 Å². The summed E-state index contributed by atoms with van der Waals surface area (Å²) in [5.41, 5.74) is 13.0. The molecule has 8 aromatic rings. The number of benzene rings is 6. The van der Waals surface area contributed by atoms with Gasteiger partial charge >= 0.3 is 5.69 Å². The highest BCUT2D eigenvalue weighted by Gasteiger charge is 2.22. The number of nitrogens with zero attached hydrogens (tertiary/aromatic N) is 6. The van der Waals surface area contributed by atoms with Gasteiger partial charge in [0.15, 0.2) is 11.2 Å². The van der Waals surface area contributed by atoms with Gasteiger partial charge in [-0.15, -0.1) is 0 Å². The van der Waals surface area contributed by atoms with Gasteiger partial charge in [0.25, 0.3) is 5.56 Å². The van der Waals surface area contributed by atoms with Crippen molar-refractivity contribution in [2.24, 2.45) is 14.1 Å². The lowest BCUT2D eigenvalue weighted by atomic mass is 9.86. The monoisotopic (exact) mass is 1010 g/mol. The summed E-state index contributed by atoms with van der Waals surface area (Å²) in [6, 6.07) is 59.1. The van der Waals surface area contributed by atoms with Gasteiger partial charge < -0.3 is 29.2 Å². The van der Waals surface area contributed by atoms with Crippen LogP contribution in [0.2, 0.25) is 5.28 Å². The molecular weight excluding hydrogens is 942 g/mol. The molecule has 12 heteroatoms. The first-order valence-corrected chi connectivity index (χ1v) is 25.6. The third kappa shape index (κ3) is 14.8. The van der Waals surface area contributed by atoms with Crippen LogP contribution in [0.25, 0.3) is 28.9 Å². The molecule has 2 aliphatic rings. The number of aromatic nitrogens is 4. The van der Waals surface area contributed by atoms with Crippen molar-refractivity contribution in [1.29, 1.82) is 0 Å². The quantitative estimate of drug-likeness (QED) is 0.121. The Balaban J connectivity index is 0.000000146. The molecule has 0 radical (unpaired) electrons.